The highest BCUT2D eigenvalue weighted by Crippen LogP contribution is 2.30. The molecule has 0 spiro atoms. The van der Waals surface area contributed by atoms with Gasteiger partial charge in [-0.25, -0.2) is 4.79 Å². The lowest BCUT2D eigenvalue weighted by molar-refractivity contribution is -0.0117. The molecule has 1 unspecified atom stereocenters. The monoisotopic (exact) mass is 313 g/mol. The molecule has 116 valence electrons. The predicted octanol–water partition coefficient (Wildman–Crippen LogP) is 1.45. The fraction of sp³-hybridized carbons (Fsp3) is 0.500. The van der Waals surface area contributed by atoms with E-state index in [1.165, 1.54) is 7.11 Å². The van der Waals surface area contributed by atoms with E-state index in [0.717, 1.165) is 13.1 Å². The number of nitrogen functional groups attached to an aromatic ring is 1. The molecule has 0 aliphatic carbocycles. The third-order valence-corrected chi connectivity index (χ3v) is 3.66. The number of benzene rings is 1. The quantitative estimate of drug-likeness (QED) is 0.647. The van der Waals surface area contributed by atoms with Gasteiger partial charge in [0.25, 0.3) is 0 Å². The van der Waals surface area contributed by atoms with Crippen molar-refractivity contribution in [3.05, 3.63) is 22.7 Å². The maximum atomic E-state index is 11.8. The standard InChI is InChI=1S/C14H20ClN3O3/c1-18-3-4-21-10(8-18)7-17-13-11(14(19)20-2)5-9(16)6-12(13)15/h5-6,10,17H,3-4,7-8,16H2,1-2H3. The lowest BCUT2D eigenvalue weighted by atomic mass is 10.1. The Morgan fingerprint density at radius 3 is 3.05 bits per heavy atom. The molecule has 1 fully saturated rings. The van der Waals surface area contributed by atoms with Crippen molar-refractivity contribution in [3.63, 3.8) is 0 Å². The first-order chi connectivity index (χ1) is 10.0. The molecule has 1 atom stereocenters. The molecule has 0 aromatic heterocycles. The number of likely N-dealkylation sites (N-methyl/N-ethyl adjacent to an activating group) is 1. The summed E-state index contributed by atoms with van der Waals surface area (Å²) in [6.45, 7) is 3.00. The zero-order valence-corrected chi connectivity index (χ0v) is 12.9. The van der Waals surface area contributed by atoms with Gasteiger partial charge < -0.3 is 25.4 Å². The number of esters is 1. The van der Waals surface area contributed by atoms with Crippen molar-refractivity contribution >= 4 is 28.9 Å². The Morgan fingerprint density at radius 1 is 1.62 bits per heavy atom. The molecule has 0 bridgehead atoms. The van der Waals surface area contributed by atoms with E-state index in [2.05, 4.69) is 10.2 Å². The van der Waals surface area contributed by atoms with Crippen LogP contribution < -0.4 is 11.1 Å². The number of hydrogen-bond donors (Lipinski definition) is 2. The molecule has 1 aromatic carbocycles. The zero-order chi connectivity index (χ0) is 15.4. The number of carbonyl (C=O) groups is 1. The van der Waals surface area contributed by atoms with Gasteiger partial charge in [0.15, 0.2) is 0 Å². The summed E-state index contributed by atoms with van der Waals surface area (Å²) in [7, 11) is 3.37. The minimum Gasteiger partial charge on any atom is -0.465 e. The Bertz CT molecular complexity index is 524. The van der Waals surface area contributed by atoms with Crippen LogP contribution in [0.2, 0.25) is 5.02 Å². The van der Waals surface area contributed by atoms with Gasteiger partial charge in [-0.15, -0.1) is 0 Å². The van der Waals surface area contributed by atoms with Crippen LogP contribution in [-0.2, 0) is 9.47 Å². The smallest absolute Gasteiger partial charge is 0.340 e. The highest BCUT2D eigenvalue weighted by Gasteiger charge is 2.20. The van der Waals surface area contributed by atoms with Crippen molar-refractivity contribution in [2.24, 2.45) is 0 Å². The molecule has 1 aliphatic rings. The van der Waals surface area contributed by atoms with Crippen LogP contribution in [0, 0.1) is 0 Å². The molecule has 1 heterocycles. The van der Waals surface area contributed by atoms with Gasteiger partial charge in [-0.2, -0.15) is 0 Å². The summed E-state index contributed by atoms with van der Waals surface area (Å²) in [5.74, 6) is -0.478. The summed E-state index contributed by atoms with van der Waals surface area (Å²) < 4.78 is 10.4. The molecule has 1 saturated heterocycles. The van der Waals surface area contributed by atoms with Crippen LogP contribution in [0.25, 0.3) is 0 Å². The summed E-state index contributed by atoms with van der Waals surface area (Å²) in [6.07, 6.45) is 0.0443. The van der Waals surface area contributed by atoms with Crippen molar-refractivity contribution in [2.75, 3.05) is 51.4 Å². The first-order valence-corrected chi connectivity index (χ1v) is 7.10. The Balaban J connectivity index is 2.13. The van der Waals surface area contributed by atoms with Gasteiger partial charge in [-0.3, -0.25) is 0 Å². The first-order valence-electron chi connectivity index (χ1n) is 6.72. The number of nitrogens with one attached hydrogen (secondary N) is 1. The SMILES string of the molecule is COC(=O)c1cc(N)cc(Cl)c1NCC1CN(C)CCO1. The first kappa shape index (κ1) is 15.9. The second-order valence-corrected chi connectivity index (χ2v) is 5.46. The Labute approximate surface area is 129 Å². The van der Waals surface area contributed by atoms with Crippen molar-refractivity contribution in [1.82, 2.24) is 4.90 Å². The van der Waals surface area contributed by atoms with Gasteiger partial charge in [0, 0.05) is 25.3 Å². The summed E-state index contributed by atoms with van der Waals surface area (Å²) in [5, 5.41) is 3.56. The maximum Gasteiger partial charge on any atom is 0.340 e. The molecule has 0 radical (unpaired) electrons. The molecule has 1 aliphatic heterocycles. The molecule has 0 saturated carbocycles. The Kier molecular flexibility index (Phi) is 5.27. The third kappa shape index (κ3) is 4.00. The fourth-order valence-electron chi connectivity index (χ4n) is 2.28. The number of rotatable bonds is 4. The van der Waals surface area contributed by atoms with E-state index >= 15 is 0 Å². The van der Waals surface area contributed by atoms with Crippen LogP contribution in [0.5, 0.6) is 0 Å². The molecule has 3 N–H and O–H groups in total. The minimum atomic E-state index is -0.478. The van der Waals surface area contributed by atoms with Crippen LogP contribution in [0.1, 0.15) is 10.4 Å². The summed E-state index contributed by atoms with van der Waals surface area (Å²) in [4.78, 5) is 14.0. The van der Waals surface area contributed by atoms with Crippen LogP contribution in [0.4, 0.5) is 11.4 Å². The molecular weight excluding hydrogens is 294 g/mol. The molecule has 6 nitrogen and oxygen atoms in total. The van der Waals surface area contributed by atoms with Crippen LogP contribution in [0.3, 0.4) is 0 Å². The van der Waals surface area contributed by atoms with Crippen LogP contribution >= 0.6 is 11.6 Å². The van der Waals surface area contributed by atoms with Gasteiger partial charge >= 0.3 is 5.97 Å². The average Bonchev–Trinajstić information content (AvgIpc) is 2.45. The number of morpholine rings is 1. The number of methoxy groups -OCH3 is 1. The molecule has 0 amide bonds. The largest absolute Gasteiger partial charge is 0.465 e. The van der Waals surface area contributed by atoms with E-state index in [1.807, 2.05) is 7.05 Å². The van der Waals surface area contributed by atoms with E-state index in [4.69, 9.17) is 26.8 Å². The average molecular weight is 314 g/mol. The lowest BCUT2D eigenvalue weighted by Gasteiger charge is -2.30. The van der Waals surface area contributed by atoms with E-state index in [-0.39, 0.29) is 6.10 Å². The topological polar surface area (TPSA) is 76.8 Å². The number of hydrogen-bond acceptors (Lipinski definition) is 6. The number of halogens is 1. The van der Waals surface area contributed by atoms with Gasteiger partial charge in [-0.05, 0) is 19.2 Å². The molecule has 7 heteroatoms. The van der Waals surface area contributed by atoms with Crippen molar-refractivity contribution in [2.45, 2.75) is 6.10 Å². The highest BCUT2D eigenvalue weighted by atomic mass is 35.5. The summed E-state index contributed by atoms with van der Waals surface area (Å²) in [6, 6.07) is 3.15. The minimum absolute atomic E-state index is 0.0443. The molecular formula is C14H20ClN3O3. The molecule has 21 heavy (non-hydrogen) atoms. The van der Waals surface area contributed by atoms with Gasteiger partial charge in [0.2, 0.25) is 0 Å². The van der Waals surface area contributed by atoms with Crippen molar-refractivity contribution in [3.8, 4) is 0 Å². The molecule has 2 rings (SSSR count). The van der Waals surface area contributed by atoms with E-state index in [1.54, 1.807) is 12.1 Å². The lowest BCUT2D eigenvalue weighted by Crippen LogP contribution is -2.43. The van der Waals surface area contributed by atoms with Crippen LogP contribution in [-0.4, -0.2) is 57.4 Å². The Hall–Kier alpha value is -1.50. The number of anilines is 2. The van der Waals surface area contributed by atoms with Gasteiger partial charge in [0.05, 0.1) is 36.1 Å². The Morgan fingerprint density at radius 2 is 2.38 bits per heavy atom. The summed E-state index contributed by atoms with van der Waals surface area (Å²) in [5.41, 5.74) is 6.99. The third-order valence-electron chi connectivity index (χ3n) is 3.37. The maximum absolute atomic E-state index is 11.8. The normalized spacial score (nSPS) is 19.3. The fourth-order valence-corrected chi connectivity index (χ4v) is 2.58. The van der Waals surface area contributed by atoms with Crippen LogP contribution in [0.15, 0.2) is 12.1 Å². The van der Waals surface area contributed by atoms with Gasteiger partial charge in [-0.1, -0.05) is 11.6 Å². The van der Waals surface area contributed by atoms with E-state index in [9.17, 15) is 4.79 Å². The van der Waals surface area contributed by atoms with Crippen molar-refractivity contribution in [1.29, 1.82) is 0 Å². The van der Waals surface area contributed by atoms with Crippen molar-refractivity contribution < 1.29 is 14.3 Å². The zero-order valence-electron chi connectivity index (χ0n) is 12.2. The summed E-state index contributed by atoms with van der Waals surface area (Å²) >= 11 is 6.18. The number of nitrogens with two attached hydrogens (primary N) is 1. The second kappa shape index (κ2) is 6.98. The number of carbonyl (C=O) groups excluding carboxylic acids is 1. The number of ether oxygens (including phenoxy) is 2. The van der Waals surface area contributed by atoms with Gasteiger partial charge in [0.1, 0.15) is 0 Å². The van der Waals surface area contributed by atoms with E-state index in [0.29, 0.717) is 35.1 Å². The van der Waals surface area contributed by atoms with E-state index < -0.39 is 5.97 Å². The number of nitrogens with zero attached hydrogens (tertiary/aromatic N) is 1. The highest BCUT2D eigenvalue weighted by molar-refractivity contribution is 6.34. The second-order valence-electron chi connectivity index (χ2n) is 5.05. The predicted molar refractivity (Wildman–Crippen MR) is 82.9 cm³/mol. The molecule has 1 aromatic rings.